The van der Waals surface area contributed by atoms with Crippen LogP contribution in [0.4, 0.5) is 0 Å². The number of sulfonamides is 1. The number of piperidine rings is 1. The van der Waals surface area contributed by atoms with E-state index in [1.165, 1.54) is 0 Å². The van der Waals surface area contributed by atoms with E-state index in [1.54, 1.807) is 36.1 Å². The minimum atomic E-state index is -3.45. The van der Waals surface area contributed by atoms with E-state index in [0.717, 1.165) is 5.56 Å². The van der Waals surface area contributed by atoms with Crippen molar-refractivity contribution >= 4 is 21.8 Å². The van der Waals surface area contributed by atoms with E-state index < -0.39 is 10.0 Å². The first kappa shape index (κ1) is 19.4. The van der Waals surface area contributed by atoms with E-state index in [4.69, 9.17) is 5.73 Å². The van der Waals surface area contributed by atoms with Gasteiger partial charge >= 0.3 is 0 Å². The second kappa shape index (κ2) is 8.44. The number of benzene rings is 1. The minimum Gasteiger partial charge on any atom is -0.369 e. The first-order valence-electron chi connectivity index (χ1n) is 8.49. The summed E-state index contributed by atoms with van der Waals surface area (Å²) in [5.41, 5.74) is 6.21. The van der Waals surface area contributed by atoms with Crippen LogP contribution in [0.15, 0.2) is 29.2 Å². The van der Waals surface area contributed by atoms with E-state index in [9.17, 15) is 18.0 Å². The molecule has 0 saturated carbocycles. The summed E-state index contributed by atoms with van der Waals surface area (Å²) in [4.78, 5) is 25.4. The van der Waals surface area contributed by atoms with Crippen LogP contribution in [-0.2, 0) is 26.0 Å². The SMILES string of the molecule is CCNS(=O)(=O)c1ccc(CCC(=O)N2CCC(C(N)=O)CC2)cc1. The first-order chi connectivity index (χ1) is 11.8. The number of carbonyl (C=O) groups is 2. The van der Waals surface area contributed by atoms with Crippen molar-refractivity contribution in [2.24, 2.45) is 11.7 Å². The average molecular weight is 367 g/mol. The molecular formula is C17H25N3O4S. The van der Waals surface area contributed by atoms with Crippen molar-refractivity contribution in [2.45, 2.75) is 37.5 Å². The lowest BCUT2D eigenvalue weighted by atomic mass is 9.96. The second-order valence-electron chi connectivity index (χ2n) is 6.20. The van der Waals surface area contributed by atoms with Gasteiger partial charge in [0.15, 0.2) is 0 Å². The Hall–Kier alpha value is -1.93. The van der Waals surface area contributed by atoms with Crippen molar-refractivity contribution in [2.75, 3.05) is 19.6 Å². The van der Waals surface area contributed by atoms with Gasteiger partial charge in [-0.05, 0) is 37.0 Å². The van der Waals surface area contributed by atoms with E-state index in [2.05, 4.69) is 4.72 Å². The van der Waals surface area contributed by atoms with Gasteiger partial charge in [0.1, 0.15) is 0 Å². The van der Waals surface area contributed by atoms with E-state index in [1.807, 2.05) is 0 Å². The number of hydrogen-bond acceptors (Lipinski definition) is 4. The summed E-state index contributed by atoms with van der Waals surface area (Å²) in [6.45, 7) is 3.19. The molecule has 1 aromatic rings. The predicted molar refractivity (Wildman–Crippen MR) is 94.1 cm³/mol. The largest absolute Gasteiger partial charge is 0.369 e. The molecule has 3 N–H and O–H groups in total. The first-order valence-corrected chi connectivity index (χ1v) is 9.97. The second-order valence-corrected chi connectivity index (χ2v) is 7.97. The number of hydrogen-bond donors (Lipinski definition) is 2. The molecule has 0 aliphatic carbocycles. The third-order valence-electron chi connectivity index (χ3n) is 4.45. The third kappa shape index (κ3) is 5.27. The van der Waals surface area contributed by atoms with Gasteiger partial charge < -0.3 is 10.6 Å². The number of nitrogens with zero attached hydrogens (tertiary/aromatic N) is 1. The minimum absolute atomic E-state index is 0.0484. The maximum atomic E-state index is 12.3. The van der Waals surface area contributed by atoms with Crippen molar-refractivity contribution in [1.82, 2.24) is 9.62 Å². The zero-order valence-corrected chi connectivity index (χ0v) is 15.2. The normalized spacial score (nSPS) is 16.0. The van der Waals surface area contributed by atoms with Crippen LogP contribution in [0.3, 0.4) is 0 Å². The predicted octanol–water partition coefficient (Wildman–Crippen LogP) is 0.641. The summed E-state index contributed by atoms with van der Waals surface area (Å²) in [5, 5.41) is 0. The van der Waals surface area contributed by atoms with Crippen LogP contribution in [0.1, 0.15) is 31.7 Å². The maximum Gasteiger partial charge on any atom is 0.240 e. The van der Waals surface area contributed by atoms with Gasteiger partial charge in [-0.15, -0.1) is 0 Å². The fourth-order valence-electron chi connectivity index (χ4n) is 2.93. The molecule has 0 aromatic heterocycles. The van der Waals surface area contributed by atoms with Crippen molar-refractivity contribution in [3.63, 3.8) is 0 Å². The molecule has 0 atom stereocenters. The molecule has 0 spiro atoms. The van der Waals surface area contributed by atoms with E-state index in [0.29, 0.717) is 45.3 Å². The summed E-state index contributed by atoms with van der Waals surface area (Å²) in [5.74, 6) is -0.373. The van der Waals surface area contributed by atoms with Crippen LogP contribution in [0.2, 0.25) is 0 Å². The van der Waals surface area contributed by atoms with E-state index >= 15 is 0 Å². The molecule has 1 aliphatic rings. The quantitative estimate of drug-likeness (QED) is 0.737. The molecule has 25 heavy (non-hydrogen) atoms. The number of amides is 2. The van der Waals surface area contributed by atoms with Gasteiger partial charge in [-0.1, -0.05) is 19.1 Å². The molecule has 1 saturated heterocycles. The zero-order chi connectivity index (χ0) is 18.4. The summed E-state index contributed by atoms with van der Waals surface area (Å²) < 4.78 is 26.2. The molecule has 2 rings (SSSR count). The summed E-state index contributed by atoms with van der Waals surface area (Å²) in [6, 6.07) is 6.57. The molecular weight excluding hydrogens is 342 g/mol. The molecule has 1 aliphatic heterocycles. The monoisotopic (exact) mass is 367 g/mol. The highest BCUT2D eigenvalue weighted by Gasteiger charge is 2.25. The molecule has 7 nitrogen and oxygen atoms in total. The topological polar surface area (TPSA) is 110 Å². The average Bonchev–Trinajstić information content (AvgIpc) is 2.60. The number of primary amides is 1. The van der Waals surface area contributed by atoms with Gasteiger partial charge in [0.25, 0.3) is 0 Å². The number of aryl methyl sites for hydroxylation is 1. The van der Waals surface area contributed by atoms with Gasteiger partial charge in [0.05, 0.1) is 4.90 Å². The van der Waals surface area contributed by atoms with Crippen molar-refractivity contribution in [3.8, 4) is 0 Å². The third-order valence-corrected chi connectivity index (χ3v) is 6.01. The van der Waals surface area contributed by atoms with Gasteiger partial charge in [0, 0.05) is 32.0 Å². The van der Waals surface area contributed by atoms with Crippen LogP contribution >= 0.6 is 0 Å². The van der Waals surface area contributed by atoms with Crippen molar-refractivity contribution < 1.29 is 18.0 Å². The Kier molecular flexibility index (Phi) is 6.55. The Labute approximate surface area is 148 Å². The molecule has 138 valence electrons. The highest BCUT2D eigenvalue weighted by Crippen LogP contribution is 2.18. The highest BCUT2D eigenvalue weighted by atomic mass is 32.2. The summed E-state index contributed by atoms with van der Waals surface area (Å²) >= 11 is 0. The molecule has 0 unspecified atom stereocenters. The Balaban J connectivity index is 1.85. The summed E-state index contributed by atoms with van der Waals surface area (Å²) in [6.07, 6.45) is 2.16. The standard InChI is InChI=1S/C17H25N3O4S/c1-2-19-25(23,24)15-6-3-13(4-7-15)5-8-16(21)20-11-9-14(10-12-20)17(18)22/h3-4,6-7,14,19H,2,5,8-12H2,1H3,(H2,18,22). The van der Waals surface area contributed by atoms with Gasteiger partial charge in [-0.2, -0.15) is 0 Å². The molecule has 0 radical (unpaired) electrons. The lowest BCUT2D eigenvalue weighted by Crippen LogP contribution is -2.41. The van der Waals surface area contributed by atoms with Crippen LogP contribution < -0.4 is 10.5 Å². The van der Waals surface area contributed by atoms with Gasteiger partial charge in [-0.25, -0.2) is 13.1 Å². The molecule has 1 heterocycles. The Morgan fingerprint density at radius 3 is 2.32 bits per heavy atom. The Bertz CT molecular complexity index is 708. The lowest BCUT2D eigenvalue weighted by molar-refractivity contribution is -0.134. The number of rotatable bonds is 7. The van der Waals surface area contributed by atoms with Crippen molar-refractivity contribution in [1.29, 1.82) is 0 Å². The molecule has 8 heteroatoms. The van der Waals surface area contributed by atoms with Crippen LogP contribution in [0.25, 0.3) is 0 Å². The molecule has 1 fully saturated rings. The molecule has 0 bridgehead atoms. The summed E-state index contributed by atoms with van der Waals surface area (Å²) in [7, 11) is -3.45. The Morgan fingerprint density at radius 2 is 1.80 bits per heavy atom. The zero-order valence-electron chi connectivity index (χ0n) is 14.4. The Morgan fingerprint density at radius 1 is 1.20 bits per heavy atom. The van der Waals surface area contributed by atoms with Gasteiger partial charge in [0.2, 0.25) is 21.8 Å². The van der Waals surface area contributed by atoms with Crippen LogP contribution in [0, 0.1) is 5.92 Å². The van der Waals surface area contributed by atoms with Crippen molar-refractivity contribution in [3.05, 3.63) is 29.8 Å². The number of carbonyl (C=O) groups excluding carboxylic acids is 2. The number of nitrogens with one attached hydrogen (secondary N) is 1. The lowest BCUT2D eigenvalue weighted by Gasteiger charge is -2.30. The van der Waals surface area contributed by atoms with Crippen LogP contribution in [0.5, 0.6) is 0 Å². The fourth-order valence-corrected chi connectivity index (χ4v) is 3.97. The fraction of sp³-hybridized carbons (Fsp3) is 0.529. The van der Waals surface area contributed by atoms with Gasteiger partial charge in [-0.3, -0.25) is 9.59 Å². The molecule has 1 aromatic carbocycles. The number of likely N-dealkylation sites (tertiary alicyclic amines) is 1. The molecule has 2 amide bonds. The maximum absolute atomic E-state index is 12.3. The van der Waals surface area contributed by atoms with E-state index in [-0.39, 0.29) is 22.6 Å². The number of nitrogens with two attached hydrogens (primary N) is 1. The highest BCUT2D eigenvalue weighted by molar-refractivity contribution is 7.89. The smallest absolute Gasteiger partial charge is 0.240 e. The van der Waals surface area contributed by atoms with Crippen LogP contribution in [-0.4, -0.2) is 44.8 Å².